The summed E-state index contributed by atoms with van der Waals surface area (Å²) in [6.07, 6.45) is 3.54. The second-order valence-electron chi connectivity index (χ2n) is 12.8. The lowest BCUT2D eigenvalue weighted by molar-refractivity contribution is -0.0513. The van der Waals surface area contributed by atoms with E-state index in [1.807, 2.05) is 111 Å². The molecule has 5 aromatic rings. The van der Waals surface area contributed by atoms with Gasteiger partial charge in [0.05, 0.1) is 31.5 Å². The molecule has 0 bridgehead atoms. The molecule has 0 aliphatic rings. The first-order valence-corrected chi connectivity index (χ1v) is 17.7. The van der Waals surface area contributed by atoms with Gasteiger partial charge in [0.1, 0.15) is 23.5 Å². The van der Waals surface area contributed by atoms with Gasteiger partial charge in [-0.25, -0.2) is 8.78 Å². The minimum absolute atomic E-state index is 0.00596. The zero-order chi connectivity index (χ0) is 37.1. The molecule has 0 aromatic heterocycles. The van der Waals surface area contributed by atoms with Crippen molar-refractivity contribution in [1.29, 1.82) is 0 Å². The number of rotatable bonds is 18. The van der Waals surface area contributed by atoms with Crippen LogP contribution in [0.3, 0.4) is 0 Å². The molecule has 0 aliphatic heterocycles. The Labute approximate surface area is 308 Å². The minimum Gasteiger partial charge on any atom is -0.487 e. The molecule has 0 saturated heterocycles. The third kappa shape index (κ3) is 13.3. The van der Waals surface area contributed by atoms with Crippen molar-refractivity contribution in [3.63, 3.8) is 0 Å². The number of aliphatic hydroxyl groups is 1. The van der Waals surface area contributed by atoms with Crippen molar-refractivity contribution in [2.45, 2.75) is 64.3 Å². The lowest BCUT2D eigenvalue weighted by atomic mass is 9.91. The van der Waals surface area contributed by atoms with E-state index in [0.29, 0.717) is 26.1 Å². The van der Waals surface area contributed by atoms with Crippen LogP contribution in [0.15, 0.2) is 165 Å². The van der Waals surface area contributed by atoms with Gasteiger partial charge in [0.25, 0.3) is 0 Å². The maximum Gasteiger partial charge on any atom is 0.131 e. The number of hydrogen-bond acceptors (Lipinski definition) is 4. The Morgan fingerprint density at radius 1 is 0.538 bits per heavy atom. The molecule has 0 amide bonds. The first kappa shape index (κ1) is 39.9. The average Bonchev–Trinajstić information content (AvgIpc) is 3.19. The number of benzene rings is 5. The Morgan fingerprint density at radius 2 is 0.942 bits per heavy atom. The van der Waals surface area contributed by atoms with Crippen LogP contribution in [0.25, 0.3) is 0 Å². The molecule has 0 radical (unpaired) electrons. The van der Waals surface area contributed by atoms with Gasteiger partial charge in [0.15, 0.2) is 0 Å². The first-order valence-electron chi connectivity index (χ1n) is 17.7. The molecule has 6 atom stereocenters. The predicted molar refractivity (Wildman–Crippen MR) is 206 cm³/mol. The Balaban J connectivity index is 0.000000239. The van der Waals surface area contributed by atoms with E-state index in [9.17, 15) is 13.9 Å². The molecule has 5 rings (SSSR count). The highest BCUT2D eigenvalue weighted by molar-refractivity contribution is 5.23. The highest BCUT2D eigenvalue weighted by Crippen LogP contribution is 2.25. The van der Waals surface area contributed by atoms with E-state index in [2.05, 4.69) is 13.2 Å². The summed E-state index contributed by atoms with van der Waals surface area (Å²) in [6, 6.07) is 42.6. The fraction of sp³-hybridized carbons (Fsp3) is 0.261. The summed E-state index contributed by atoms with van der Waals surface area (Å²) >= 11 is 0. The summed E-state index contributed by atoms with van der Waals surface area (Å²) in [4.78, 5) is 0. The van der Waals surface area contributed by atoms with Gasteiger partial charge in [-0.2, -0.15) is 0 Å². The molecular formula is C46H50F2O4. The highest BCUT2D eigenvalue weighted by Gasteiger charge is 2.28. The molecule has 0 fully saturated rings. The maximum absolute atomic E-state index is 13.3. The third-order valence-electron chi connectivity index (χ3n) is 8.91. The Bertz CT molecular complexity index is 1710. The quantitative estimate of drug-likeness (QED) is 0.0923. The zero-order valence-electron chi connectivity index (χ0n) is 30.1. The topological polar surface area (TPSA) is 47.9 Å². The van der Waals surface area contributed by atoms with Gasteiger partial charge in [0.2, 0.25) is 0 Å². The lowest BCUT2D eigenvalue weighted by Gasteiger charge is -2.31. The van der Waals surface area contributed by atoms with Crippen LogP contribution in [0.4, 0.5) is 8.78 Å². The molecule has 1 N–H and O–H groups in total. The van der Waals surface area contributed by atoms with Crippen LogP contribution < -0.4 is 4.74 Å². The van der Waals surface area contributed by atoms with Crippen molar-refractivity contribution in [2.24, 2.45) is 11.8 Å². The van der Waals surface area contributed by atoms with Gasteiger partial charge in [-0.15, -0.1) is 13.2 Å². The van der Waals surface area contributed by atoms with Gasteiger partial charge >= 0.3 is 0 Å². The van der Waals surface area contributed by atoms with Crippen LogP contribution >= 0.6 is 0 Å². The van der Waals surface area contributed by atoms with Crippen molar-refractivity contribution in [3.05, 3.63) is 199 Å². The molecule has 5 aromatic carbocycles. The minimum atomic E-state index is -0.665. The van der Waals surface area contributed by atoms with Crippen LogP contribution in [0.2, 0.25) is 0 Å². The van der Waals surface area contributed by atoms with E-state index >= 15 is 0 Å². The van der Waals surface area contributed by atoms with Gasteiger partial charge < -0.3 is 19.3 Å². The van der Waals surface area contributed by atoms with Gasteiger partial charge in [0, 0.05) is 11.8 Å². The average molecular weight is 705 g/mol. The first-order chi connectivity index (χ1) is 25.2. The predicted octanol–water partition coefficient (Wildman–Crippen LogP) is 10.4. The summed E-state index contributed by atoms with van der Waals surface area (Å²) in [6.45, 7) is 12.7. The van der Waals surface area contributed by atoms with Gasteiger partial charge in [-0.05, 0) is 85.3 Å². The van der Waals surface area contributed by atoms with Crippen LogP contribution in [0.5, 0.6) is 5.75 Å². The molecule has 272 valence electrons. The van der Waals surface area contributed by atoms with Crippen LogP contribution in [0, 0.1) is 23.5 Å². The van der Waals surface area contributed by atoms with E-state index in [1.54, 1.807) is 30.3 Å². The largest absolute Gasteiger partial charge is 0.487 e. The summed E-state index contributed by atoms with van der Waals surface area (Å²) in [5, 5.41) is 10.5. The Morgan fingerprint density at radius 3 is 1.38 bits per heavy atom. The number of halogens is 2. The number of aliphatic hydroxyl groups excluding tert-OH is 1. The third-order valence-corrected chi connectivity index (χ3v) is 8.91. The Kier molecular flexibility index (Phi) is 16.5. The molecule has 6 heteroatoms. The van der Waals surface area contributed by atoms with Crippen LogP contribution in [-0.2, 0) is 35.5 Å². The van der Waals surface area contributed by atoms with Crippen LogP contribution in [0.1, 0.15) is 36.1 Å². The van der Waals surface area contributed by atoms with Crippen molar-refractivity contribution < 1.29 is 28.1 Å². The molecule has 0 aliphatic carbocycles. The number of hydrogen-bond donors (Lipinski definition) is 1. The fourth-order valence-corrected chi connectivity index (χ4v) is 5.80. The SMILES string of the molecule is C=C[C@H](Cc1ccc(F)cc1)[C@@H](O)[C@H](C)OCc1ccccc1.C=C[C@H](Cc1ccc(F)cc1)[C@@H](Oc1ccccc1)[C@H](C)OCc1ccccc1. The number of ether oxygens (including phenoxy) is 3. The standard InChI is InChI=1S/C26H27FO2.C20H23FO2/c1-3-23(18-21-14-16-24(27)17-15-21)26(29-25-12-8-5-9-13-25)20(2)28-19-22-10-6-4-7-11-22;1-3-18(13-16-9-11-19(21)12-10-16)20(22)15(2)23-14-17-7-5-4-6-8-17/h3-17,20,23,26H,1,18-19H2,2H3;3-12,15,18,20,22H,1,13-14H2,2H3/t20-,23+,26-;15-,18+,20-/m00/s1. The highest BCUT2D eigenvalue weighted by atomic mass is 19.1. The molecule has 0 spiro atoms. The monoisotopic (exact) mass is 704 g/mol. The van der Waals surface area contributed by atoms with E-state index < -0.39 is 6.10 Å². The van der Waals surface area contributed by atoms with E-state index in [0.717, 1.165) is 28.0 Å². The van der Waals surface area contributed by atoms with Gasteiger partial charge in [-0.1, -0.05) is 115 Å². The smallest absolute Gasteiger partial charge is 0.131 e. The zero-order valence-corrected chi connectivity index (χ0v) is 30.1. The van der Waals surface area contributed by atoms with Crippen molar-refractivity contribution in [3.8, 4) is 5.75 Å². The molecular weight excluding hydrogens is 654 g/mol. The van der Waals surface area contributed by atoms with E-state index in [-0.39, 0.29) is 41.8 Å². The molecule has 0 saturated carbocycles. The summed E-state index contributed by atoms with van der Waals surface area (Å²) in [7, 11) is 0. The Hall–Kier alpha value is -4.88. The van der Waals surface area contributed by atoms with Gasteiger partial charge in [-0.3, -0.25) is 0 Å². The second kappa shape index (κ2) is 21.5. The van der Waals surface area contributed by atoms with E-state index in [1.165, 1.54) is 24.3 Å². The summed E-state index contributed by atoms with van der Waals surface area (Å²) in [5.41, 5.74) is 4.19. The second-order valence-corrected chi connectivity index (χ2v) is 12.8. The van der Waals surface area contributed by atoms with Crippen molar-refractivity contribution >= 4 is 0 Å². The lowest BCUT2D eigenvalue weighted by Crippen LogP contribution is -2.38. The van der Waals surface area contributed by atoms with E-state index in [4.69, 9.17) is 14.2 Å². The van der Waals surface area contributed by atoms with Crippen molar-refractivity contribution in [2.75, 3.05) is 0 Å². The number of para-hydroxylation sites is 1. The molecule has 0 heterocycles. The molecule has 4 nitrogen and oxygen atoms in total. The molecule has 52 heavy (non-hydrogen) atoms. The summed E-state index contributed by atoms with van der Waals surface area (Å²) < 4.78 is 44.5. The van der Waals surface area contributed by atoms with Crippen LogP contribution in [-0.4, -0.2) is 29.5 Å². The molecule has 0 unspecified atom stereocenters. The van der Waals surface area contributed by atoms with Crippen molar-refractivity contribution in [1.82, 2.24) is 0 Å². The maximum atomic E-state index is 13.3. The normalized spacial score (nSPS) is 14.4. The fourth-order valence-electron chi connectivity index (χ4n) is 5.80. The summed E-state index contributed by atoms with van der Waals surface area (Å²) in [5.74, 6) is 0.154.